The Labute approximate surface area is 232 Å². The number of aliphatic hydroxyl groups excluding tert-OH is 1. The van der Waals surface area contributed by atoms with Crippen molar-refractivity contribution in [3.63, 3.8) is 0 Å². The number of halogens is 4. The minimum atomic E-state index is -2.39. The summed E-state index contributed by atoms with van der Waals surface area (Å²) in [4.78, 5) is 6.17. The molecule has 3 aliphatic rings. The van der Waals surface area contributed by atoms with E-state index in [1.54, 1.807) is 0 Å². The summed E-state index contributed by atoms with van der Waals surface area (Å²) in [7, 11) is 1.42. The maximum absolute atomic E-state index is 13.3. The molecule has 0 bridgehead atoms. The van der Waals surface area contributed by atoms with Gasteiger partial charge in [-0.1, -0.05) is 70.0 Å². The van der Waals surface area contributed by atoms with E-state index in [1.165, 1.54) is 13.2 Å². The lowest BCUT2D eigenvalue weighted by molar-refractivity contribution is -0.153. The number of hydrogen-bond donors (Lipinski definition) is 2. The first-order valence-corrected chi connectivity index (χ1v) is 13.5. The first-order chi connectivity index (χ1) is 18.2. The molecule has 6 rings (SSSR count). The van der Waals surface area contributed by atoms with Crippen LogP contribution in [-0.4, -0.2) is 59.4 Å². The van der Waals surface area contributed by atoms with E-state index in [-0.39, 0.29) is 35.4 Å². The third kappa shape index (κ3) is 3.63. The van der Waals surface area contributed by atoms with Crippen molar-refractivity contribution in [3.05, 3.63) is 87.0 Å². The van der Waals surface area contributed by atoms with Gasteiger partial charge in [0, 0.05) is 47.9 Å². The summed E-state index contributed by atoms with van der Waals surface area (Å²) in [5.41, 5.74) is -1.78. The number of likely N-dealkylation sites (tertiary alicyclic amines) is 1. The zero-order valence-electron chi connectivity index (χ0n) is 20.4. The highest BCUT2D eigenvalue weighted by molar-refractivity contribution is 9.10. The second kappa shape index (κ2) is 9.41. The molecule has 1 aromatic heterocycles. The number of alkyl halides is 2. The number of fused-ring (bicyclic) bond motifs is 3. The Morgan fingerprint density at radius 3 is 2.50 bits per heavy atom. The third-order valence-electron chi connectivity index (χ3n) is 8.27. The normalized spacial score (nSPS) is 30.6. The zero-order chi connectivity index (χ0) is 26.8. The molecular formula is C28H26BrClF2N2O4. The summed E-state index contributed by atoms with van der Waals surface area (Å²) in [6.07, 6.45) is -3.74. The van der Waals surface area contributed by atoms with E-state index in [1.807, 2.05) is 59.5 Å². The van der Waals surface area contributed by atoms with Crippen molar-refractivity contribution in [2.24, 2.45) is 11.8 Å². The molecule has 5 atom stereocenters. The van der Waals surface area contributed by atoms with Crippen LogP contribution in [-0.2, 0) is 11.2 Å². The predicted molar refractivity (Wildman–Crippen MR) is 141 cm³/mol. The van der Waals surface area contributed by atoms with Crippen LogP contribution in [0.25, 0.3) is 0 Å². The molecule has 3 heterocycles. The Balaban J connectivity index is 1.58. The number of benzene rings is 2. The first kappa shape index (κ1) is 26.0. The van der Waals surface area contributed by atoms with Gasteiger partial charge in [0.2, 0.25) is 12.3 Å². The van der Waals surface area contributed by atoms with Gasteiger partial charge in [0.1, 0.15) is 10.9 Å². The SMILES string of the molecule is COc1nc(Cl)cc2c1[C@]1(O)[C@H](O)[C@H](CN3CC(C(F)F)C3)[C@@H](c3ccccc3)[C@]1(c1ccc(Br)cc1)O2. The van der Waals surface area contributed by atoms with Crippen LogP contribution in [0.4, 0.5) is 8.78 Å². The number of hydrogen-bond acceptors (Lipinski definition) is 6. The molecule has 1 aliphatic carbocycles. The van der Waals surface area contributed by atoms with Crippen molar-refractivity contribution >= 4 is 27.5 Å². The largest absolute Gasteiger partial charge is 0.481 e. The van der Waals surface area contributed by atoms with Gasteiger partial charge in [-0.3, -0.25) is 0 Å². The molecule has 3 aromatic rings. The number of ether oxygens (including phenoxy) is 2. The molecule has 2 aliphatic heterocycles. The minimum Gasteiger partial charge on any atom is -0.481 e. The van der Waals surface area contributed by atoms with Crippen LogP contribution >= 0.6 is 27.5 Å². The lowest BCUT2D eigenvalue weighted by atomic mass is 9.70. The molecule has 38 heavy (non-hydrogen) atoms. The van der Waals surface area contributed by atoms with Crippen LogP contribution < -0.4 is 9.47 Å². The Bertz CT molecular complexity index is 1340. The van der Waals surface area contributed by atoms with Crippen LogP contribution in [0, 0.1) is 11.8 Å². The van der Waals surface area contributed by atoms with E-state index < -0.39 is 41.5 Å². The van der Waals surface area contributed by atoms with Gasteiger partial charge < -0.3 is 24.6 Å². The van der Waals surface area contributed by atoms with Gasteiger partial charge in [-0.05, 0) is 23.3 Å². The fourth-order valence-corrected chi connectivity index (χ4v) is 7.11. The van der Waals surface area contributed by atoms with E-state index in [0.29, 0.717) is 12.1 Å². The standard InChI is InChI=1S/C28H26BrClF2N2O4/c1-37-26-23-20(11-21(30)33-26)38-28(17-7-9-18(29)10-8-17)22(15-5-3-2-4-6-15)19(24(35)27(23,28)36)14-34-12-16(13-34)25(31)32/h2-11,16,19,22,24-25,35-36H,12-14H2,1H3/t19-,22-,24-,27+,28+/m1/s1. The van der Waals surface area contributed by atoms with Gasteiger partial charge >= 0.3 is 0 Å². The summed E-state index contributed by atoms with van der Waals surface area (Å²) in [6, 6.07) is 18.5. The molecule has 0 amide bonds. The van der Waals surface area contributed by atoms with Crippen LogP contribution in [0.5, 0.6) is 11.6 Å². The van der Waals surface area contributed by atoms with Gasteiger partial charge in [-0.25, -0.2) is 13.8 Å². The Morgan fingerprint density at radius 1 is 1.18 bits per heavy atom. The van der Waals surface area contributed by atoms with Gasteiger partial charge in [0.25, 0.3) is 0 Å². The van der Waals surface area contributed by atoms with Crippen molar-refractivity contribution in [2.75, 3.05) is 26.7 Å². The van der Waals surface area contributed by atoms with E-state index in [4.69, 9.17) is 21.1 Å². The van der Waals surface area contributed by atoms with Gasteiger partial charge in [0.15, 0.2) is 11.2 Å². The average Bonchev–Trinajstić information content (AvgIpc) is 3.23. The fraction of sp³-hybridized carbons (Fsp3) is 0.393. The van der Waals surface area contributed by atoms with E-state index >= 15 is 0 Å². The molecule has 10 heteroatoms. The number of pyridine rings is 1. The summed E-state index contributed by atoms with van der Waals surface area (Å²) >= 11 is 9.77. The number of methoxy groups -OCH3 is 1. The van der Waals surface area contributed by atoms with Gasteiger partial charge in [0.05, 0.1) is 18.8 Å². The first-order valence-electron chi connectivity index (χ1n) is 12.4. The van der Waals surface area contributed by atoms with Crippen molar-refractivity contribution < 1.29 is 28.5 Å². The highest BCUT2D eigenvalue weighted by Crippen LogP contribution is 2.70. The lowest BCUT2D eigenvalue weighted by Crippen LogP contribution is -2.53. The quantitative estimate of drug-likeness (QED) is 0.387. The van der Waals surface area contributed by atoms with Crippen molar-refractivity contribution in [3.8, 4) is 11.6 Å². The summed E-state index contributed by atoms with van der Waals surface area (Å²) < 4.78 is 39.7. The van der Waals surface area contributed by atoms with Crippen molar-refractivity contribution in [2.45, 2.75) is 29.6 Å². The molecule has 1 saturated carbocycles. The van der Waals surface area contributed by atoms with Crippen LogP contribution in [0.2, 0.25) is 5.15 Å². The summed E-state index contributed by atoms with van der Waals surface area (Å²) in [6.45, 7) is 0.751. The molecule has 2 N–H and O–H groups in total. The van der Waals surface area contributed by atoms with Crippen molar-refractivity contribution in [1.29, 1.82) is 0 Å². The third-order valence-corrected chi connectivity index (χ3v) is 9.00. The molecule has 0 radical (unpaired) electrons. The molecule has 6 nitrogen and oxygen atoms in total. The number of nitrogens with zero attached hydrogens (tertiary/aromatic N) is 2. The maximum Gasteiger partial charge on any atom is 0.243 e. The number of aromatic nitrogens is 1. The second-order valence-electron chi connectivity index (χ2n) is 10.2. The monoisotopic (exact) mass is 606 g/mol. The van der Waals surface area contributed by atoms with Gasteiger partial charge in [-0.2, -0.15) is 0 Å². The van der Waals surface area contributed by atoms with Crippen LogP contribution in [0.1, 0.15) is 22.6 Å². The summed E-state index contributed by atoms with van der Waals surface area (Å²) in [5.74, 6) is -1.51. The number of rotatable bonds is 6. The second-order valence-corrected chi connectivity index (χ2v) is 11.6. The molecular weight excluding hydrogens is 582 g/mol. The average molecular weight is 608 g/mol. The van der Waals surface area contributed by atoms with Crippen LogP contribution in [0.3, 0.4) is 0 Å². The Morgan fingerprint density at radius 2 is 1.87 bits per heavy atom. The highest BCUT2D eigenvalue weighted by Gasteiger charge is 2.77. The lowest BCUT2D eigenvalue weighted by Gasteiger charge is -2.43. The Hall–Kier alpha value is -2.30. The van der Waals surface area contributed by atoms with E-state index in [0.717, 1.165) is 10.0 Å². The topological polar surface area (TPSA) is 75.0 Å². The minimum absolute atomic E-state index is 0.0576. The van der Waals surface area contributed by atoms with Gasteiger partial charge in [-0.15, -0.1) is 0 Å². The molecule has 1 saturated heterocycles. The summed E-state index contributed by atoms with van der Waals surface area (Å²) in [5, 5.41) is 25.0. The Kier molecular flexibility index (Phi) is 6.43. The number of aliphatic hydroxyl groups is 2. The smallest absolute Gasteiger partial charge is 0.243 e. The van der Waals surface area contributed by atoms with Crippen molar-refractivity contribution in [1.82, 2.24) is 9.88 Å². The van der Waals surface area contributed by atoms with Crippen LogP contribution in [0.15, 0.2) is 65.1 Å². The van der Waals surface area contributed by atoms with E-state index in [9.17, 15) is 19.0 Å². The molecule has 200 valence electrons. The van der Waals surface area contributed by atoms with E-state index in [2.05, 4.69) is 20.9 Å². The fourth-order valence-electron chi connectivity index (χ4n) is 6.67. The molecule has 2 aromatic carbocycles. The maximum atomic E-state index is 13.3. The molecule has 2 fully saturated rings. The molecule has 0 spiro atoms. The predicted octanol–water partition coefficient (Wildman–Crippen LogP) is 4.95. The zero-order valence-corrected chi connectivity index (χ0v) is 22.7. The molecule has 0 unspecified atom stereocenters. The highest BCUT2D eigenvalue weighted by atomic mass is 79.9.